The van der Waals surface area contributed by atoms with Crippen LogP contribution in [-0.4, -0.2) is 33.7 Å². The van der Waals surface area contributed by atoms with Gasteiger partial charge in [0.05, 0.1) is 5.69 Å². The molecule has 118 valence electrons. The second-order valence-corrected chi connectivity index (χ2v) is 9.22. The van der Waals surface area contributed by atoms with Gasteiger partial charge in [-0.2, -0.15) is 0 Å². The van der Waals surface area contributed by atoms with E-state index in [0.717, 1.165) is 43.5 Å². The maximum Gasteiger partial charge on any atom is 0.261 e. The molecule has 0 spiro atoms. The molecule has 0 bridgehead atoms. The quantitative estimate of drug-likeness (QED) is 0.872. The summed E-state index contributed by atoms with van der Waals surface area (Å²) in [6, 6.07) is 0. The predicted octanol–water partition coefficient (Wildman–Crippen LogP) is 1.46. The zero-order chi connectivity index (χ0) is 16.0. The second kappa shape index (κ2) is 5.17. The predicted molar refractivity (Wildman–Crippen MR) is 85.6 cm³/mol. The van der Waals surface area contributed by atoms with Crippen molar-refractivity contribution in [3.8, 4) is 0 Å². The highest BCUT2D eigenvalue weighted by Gasteiger charge is 2.32. The number of nitrogens with zero attached hydrogens (tertiary/aromatic N) is 1. The van der Waals surface area contributed by atoms with Crippen LogP contribution in [-0.2, 0) is 9.84 Å². The van der Waals surface area contributed by atoms with Gasteiger partial charge in [-0.25, -0.2) is 8.42 Å². The maximum absolute atomic E-state index is 12.0. The second-order valence-electron chi connectivity index (χ2n) is 6.27. The fraction of sp³-hybridized carbons (Fsp3) is 0.615. The summed E-state index contributed by atoms with van der Waals surface area (Å²) in [6.45, 7) is 5.88. The van der Waals surface area contributed by atoms with Crippen molar-refractivity contribution >= 4 is 37.8 Å². The summed E-state index contributed by atoms with van der Waals surface area (Å²) in [6.07, 6.45) is 3.02. The number of sulfone groups is 1. The summed E-state index contributed by atoms with van der Waals surface area (Å²) in [5.74, 6) is -0.689. The number of carbonyl (C=O) groups excluding carboxylic acids is 1. The number of hydrogen-bond acceptors (Lipinski definition) is 6. The molecule has 1 amide bonds. The minimum atomic E-state index is -3.52. The number of primary amides is 1. The molecular formula is C13H21N3O3S2. The minimum absolute atomic E-state index is 0.0187. The number of hydrogen-bond donors (Lipinski definition) is 2. The van der Waals surface area contributed by atoms with Crippen LogP contribution >= 0.6 is 11.3 Å². The molecule has 1 saturated heterocycles. The number of piperidine rings is 1. The molecule has 8 heteroatoms. The van der Waals surface area contributed by atoms with E-state index >= 15 is 0 Å². The number of carbonyl (C=O) groups is 1. The van der Waals surface area contributed by atoms with Crippen molar-refractivity contribution in [3.05, 3.63) is 4.88 Å². The van der Waals surface area contributed by atoms with Crippen molar-refractivity contribution in [2.45, 2.75) is 31.6 Å². The van der Waals surface area contributed by atoms with E-state index in [1.54, 1.807) is 0 Å². The number of amides is 1. The van der Waals surface area contributed by atoms with Gasteiger partial charge in [0.1, 0.15) is 14.8 Å². The van der Waals surface area contributed by atoms with Gasteiger partial charge < -0.3 is 16.4 Å². The lowest BCUT2D eigenvalue weighted by atomic mass is 9.83. The number of nitrogens with two attached hydrogens (primary N) is 2. The van der Waals surface area contributed by atoms with Crippen molar-refractivity contribution in [3.63, 3.8) is 0 Å². The van der Waals surface area contributed by atoms with Crippen LogP contribution in [0.15, 0.2) is 4.90 Å². The molecule has 1 aromatic rings. The van der Waals surface area contributed by atoms with E-state index in [1.807, 2.05) is 4.90 Å². The Kier molecular flexibility index (Phi) is 3.96. The summed E-state index contributed by atoms with van der Waals surface area (Å²) in [4.78, 5) is 13.6. The van der Waals surface area contributed by atoms with Gasteiger partial charge in [0.25, 0.3) is 5.91 Å². The summed E-state index contributed by atoms with van der Waals surface area (Å²) >= 11 is 1.07. The summed E-state index contributed by atoms with van der Waals surface area (Å²) < 4.78 is 24.1. The summed E-state index contributed by atoms with van der Waals surface area (Å²) in [5, 5.41) is 0.541. The molecule has 1 aliphatic rings. The number of thiophene rings is 1. The van der Waals surface area contributed by atoms with E-state index in [1.165, 1.54) is 0 Å². The van der Waals surface area contributed by atoms with Crippen molar-refractivity contribution in [1.29, 1.82) is 0 Å². The first-order valence-corrected chi connectivity index (χ1v) is 9.41. The Labute approximate surface area is 129 Å². The third-order valence-corrected chi connectivity index (χ3v) is 6.45. The number of rotatable bonds is 3. The summed E-state index contributed by atoms with van der Waals surface area (Å²) in [5.41, 5.74) is 11.4. The zero-order valence-electron chi connectivity index (χ0n) is 12.5. The smallest absolute Gasteiger partial charge is 0.261 e. The Balaban J connectivity index is 2.49. The molecule has 0 atom stereocenters. The van der Waals surface area contributed by atoms with E-state index in [0.29, 0.717) is 5.00 Å². The summed E-state index contributed by atoms with van der Waals surface area (Å²) in [7, 11) is -3.52. The van der Waals surface area contributed by atoms with Crippen LogP contribution in [0.5, 0.6) is 0 Å². The molecule has 1 aromatic heterocycles. The van der Waals surface area contributed by atoms with Crippen LogP contribution in [0.3, 0.4) is 0 Å². The Morgan fingerprint density at radius 1 is 1.29 bits per heavy atom. The van der Waals surface area contributed by atoms with Crippen LogP contribution in [0.4, 0.5) is 10.7 Å². The van der Waals surface area contributed by atoms with Crippen LogP contribution < -0.4 is 16.4 Å². The fourth-order valence-electron chi connectivity index (χ4n) is 2.48. The van der Waals surface area contributed by atoms with Gasteiger partial charge in [-0.15, -0.1) is 11.3 Å². The van der Waals surface area contributed by atoms with Gasteiger partial charge in [-0.05, 0) is 18.3 Å². The first-order chi connectivity index (χ1) is 9.53. The zero-order valence-corrected chi connectivity index (χ0v) is 14.1. The van der Waals surface area contributed by atoms with Gasteiger partial charge in [0.15, 0.2) is 9.84 Å². The highest BCUT2D eigenvalue weighted by molar-refractivity contribution is 7.91. The Hall–Kier alpha value is -1.28. The molecule has 1 fully saturated rings. The largest absolute Gasteiger partial charge is 0.396 e. The molecule has 0 aromatic carbocycles. The molecule has 0 radical (unpaired) electrons. The van der Waals surface area contributed by atoms with Crippen LogP contribution in [0.25, 0.3) is 0 Å². The minimum Gasteiger partial charge on any atom is -0.396 e. The SMILES string of the molecule is CC1(C)CCN(c2sc(C(N)=O)c(N)c2S(C)(=O)=O)CC1. The van der Waals surface area contributed by atoms with Gasteiger partial charge in [-0.1, -0.05) is 13.8 Å². The lowest BCUT2D eigenvalue weighted by molar-refractivity contribution is 0.100. The van der Waals surface area contributed by atoms with Gasteiger partial charge in [-0.3, -0.25) is 4.79 Å². The third-order valence-electron chi connectivity index (χ3n) is 3.88. The Morgan fingerprint density at radius 2 is 1.81 bits per heavy atom. The van der Waals surface area contributed by atoms with Crippen LogP contribution in [0.2, 0.25) is 0 Å². The Bertz CT molecular complexity index is 667. The molecule has 0 saturated carbocycles. The standard InChI is InChI=1S/C13H21N3O3S2/c1-13(2)4-6-16(7-5-13)12-10(21(3,18)19)8(14)9(20-12)11(15)17/h4-7,14H2,1-3H3,(H2,15,17). The van der Waals surface area contributed by atoms with Crippen molar-refractivity contribution in [1.82, 2.24) is 0 Å². The van der Waals surface area contributed by atoms with Gasteiger partial charge >= 0.3 is 0 Å². The van der Waals surface area contributed by atoms with E-state index < -0.39 is 15.7 Å². The first kappa shape index (κ1) is 16.1. The average Bonchev–Trinajstić information content (AvgIpc) is 2.66. The van der Waals surface area contributed by atoms with Gasteiger partial charge in [0, 0.05) is 19.3 Å². The molecule has 4 N–H and O–H groups in total. The van der Waals surface area contributed by atoms with E-state index in [9.17, 15) is 13.2 Å². The lowest BCUT2D eigenvalue weighted by Gasteiger charge is -2.37. The molecule has 21 heavy (non-hydrogen) atoms. The fourth-order valence-corrected chi connectivity index (χ4v) is 5.09. The van der Waals surface area contributed by atoms with E-state index in [2.05, 4.69) is 13.8 Å². The molecule has 1 aliphatic heterocycles. The van der Waals surface area contributed by atoms with Crippen molar-refractivity contribution in [2.24, 2.45) is 11.1 Å². The van der Waals surface area contributed by atoms with Crippen molar-refractivity contribution in [2.75, 3.05) is 30.0 Å². The number of anilines is 2. The Morgan fingerprint density at radius 3 is 2.24 bits per heavy atom. The normalized spacial score (nSPS) is 18.7. The van der Waals surface area contributed by atoms with Crippen LogP contribution in [0, 0.1) is 5.41 Å². The first-order valence-electron chi connectivity index (χ1n) is 6.70. The monoisotopic (exact) mass is 331 g/mol. The average molecular weight is 331 g/mol. The highest BCUT2D eigenvalue weighted by atomic mass is 32.2. The highest BCUT2D eigenvalue weighted by Crippen LogP contribution is 2.43. The van der Waals surface area contributed by atoms with E-state index in [4.69, 9.17) is 11.5 Å². The van der Waals surface area contributed by atoms with E-state index in [-0.39, 0.29) is 20.9 Å². The molecule has 0 unspecified atom stereocenters. The van der Waals surface area contributed by atoms with Gasteiger partial charge in [0.2, 0.25) is 0 Å². The molecular weight excluding hydrogens is 310 g/mol. The molecule has 0 aliphatic carbocycles. The lowest BCUT2D eigenvalue weighted by Crippen LogP contribution is -2.37. The molecule has 2 rings (SSSR count). The number of nitrogen functional groups attached to an aromatic ring is 1. The molecule has 2 heterocycles. The molecule has 6 nitrogen and oxygen atoms in total. The third kappa shape index (κ3) is 3.16. The maximum atomic E-state index is 12.0. The van der Waals surface area contributed by atoms with Crippen LogP contribution in [0.1, 0.15) is 36.4 Å². The van der Waals surface area contributed by atoms with Crippen molar-refractivity contribution < 1.29 is 13.2 Å². The topological polar surface area (TPSA) is 106 Å².